The van der Waals surface area contributed by atoms with Crippen LogP contribution in [0.1, 0.15) is 53.5 Å². The first-order chi connectivity index (χ1) is 14.0. The molecule has 0 unspecified atom stereocenters. The summed E-state index contributed by atoms with van der Waals surface area (Å²) < 4.78 is 0.928. The van der Waals surface area contributed by atoms with Crippen LogP contribution < -0.4 is 16.0 Å². The molecule has 0 spiro atoms. The molecule has 7 nitrogen and oxygen atoms in total. The van der Waals surface area contributed by atoms with Gasteiger partial charge in [0, 0.05) is 5.39 Å². The fourth-order valence-electron chi connectivity index (χ4n) is 3.93. The van der Waals surface area contributed by atoms with E-state index in [1.807, 2.05) is 18.2 Å². The molecular formula is C22H20N3O4-. The number of benzene rings is 2. The number of fused-ring (bicyclic) bond motifs is 2. The lowest BCUT2D eigenvalue weighted by Gasteiger charge is -2.27. The summed E-state index contributed by atoms with van der Waals surface area (Å²) in [6.45, 7) is 1.53. The highest BCUT2D eigenvalue weighted by Crippen LogP contribution is 2.29. The predicted molar refractivity (Wildman–Crippen MR) is 105 cm³/mol. The zero-order chi connectivity index (χ0) is 20.5. The molecule has 1 heterocycles. The topological polar surface area (TPSA) is 104 Å². The minimum Gasteiger partial charge on any atom is -0.543 e. The normalized spacial score (nSPS) is 16.8. The second kappa shape index (κ2) is 7.50. The van der Waals surface area contributed by atoms with Crippen molar-refractivity contribution in [1.29, 1.82) is 0 Å². The molecule has 29 heavy (non-hydrogen) atoms. The SMILES string of the molecule is C[C@@H](C(=O)N[C@@H]1CCCc2ccccc21)n1nc(C(=O)[O-])c2ccccc2c1=O. The van der Waals surface area contributed by atoms with Gasteiger partial charge in [-0.3, -0.25) is 9.59 Å². The molecule has 0 fully saturated rings. The summed E-state index contributed by atoms with van der Waals surface area (Å²) in [4.78, 5) is 37.3. The molecule has 0 bridgehead atoms. The van der Waals surface area contributed by atoms with Gasteiger partial charge in [-0.1, -0.05) is 42.5 Å². The van der Waals surface area contributed by atoms with E-state index in [0.29, 0.717) is 0 Å². The van der Waals surface area contributed by atoms with Gasteiger partial charge in [-0.05, 0) is 43.4 Å². The number of carbonyl (C=O) groups excluding carboxylic acids is 2. The van der Waals surface area contributed by atoms with Crippen molar-refractivity contribution in [3.05, 3.63) is 75.7 Å². The monoisotopic (exact) mass is 390 g/mol. The fourth-order valence-corrected chi connectivity index (χ4v) is 3.93. The smallest absolute Gasteiger partial charge is 0.275 e. The van der Waals surface area contributed by atoms with E-state index in [1.54, 1.807) is 12.1 Å². The lowest BCUT2D eigenvalue weighted by molar-refractivity contribution is -0.255. The number of nitrogens with zero attached hydrogens (tertiary/aromatic N) is 2. The average Bonchev–Trinajstić information content (AvgIpc) is 2.73. The molecule has 148 valence electrons. The quantitative estimate of drug-likeness (QED) is 0.727. The molecule has 0 saturated carbocycles. The highest BCUT2D eigenvalue weighted by Gasteiger charge is 2.26. The lowest BCUT2D eigenvalue weighted by atomic mass is 9.87. The summed E-state index contributed by atoms with van der Waals surface area (Å²) in [5, 5.41) is 18.9. The van der Waals surface area contributed by atoms with Gasteiger partial charge in [0.25, 0.3) is 5.56 Å². The Morgan fingerprint density at radius 1 is 1.14 bits per heavy atom. The molecule has 0 saturated heterocycles. The summed E-state index contributed by atoms with van der Waals surface area (Å²) in [6, 6.07) is 13.1. The average molecular weight is 390 g/mol. The molecule has 7 heteroatoms. The Balaban J connectivity index is 1.68. The largest absolute Gasteiger partial charge is 0.543 e. The number of aromatic carboxylic acids is 1. The van der Waals surface area contributed by atoms with E-state index >= 15 is 0 Å². The van der Waals surface area contributed by atoms with Gasteiger partial charge in [-0.2, -0.15) is 5.10 Å². The number of nitrogens with one attached hydrogen (secondary N) is 1. The van der Waals surface area contributed by atoms with E-state index in [4.69, 9.17) is 0 Å². The second-order valence-corrected chi connectivity index (χ2v) is 7.26. The Hall–Kier alpha value is -3.48. The summed E-state index contributed by atoms with van der Waals surface area (Å²) in [7, 11) is 0. The Labute approximate surface area is 167 Å². The van der Waals surface area contributed by atoms with Crippen molar-refractivity contribution in [2.75, 3.05) is 0 Å². The van der Waals surface area contributed by atoms with Gasteiger partial charge in [0.15, 0.2) is 0 Å². The number of carboxylic acid groups (broad SMARTS) is 1. The van der Waals surface area contributed by atoms with Crippen molar-refractivity contribution in [1.82, 2.24) is 15.1 Å². The van der Waals surface area contributed by atoms with E-state index in [2.05, 4.69) is 16.5 Å². The van der Waals surface area contributed by atoms with E-state index in [-0.39, 0.29) is 28.4 Å². The molecule has 0 radical (unpaired) electrons. The van der Waals surface area contributed by atoms with E-state index in [0.717, 1.165) is 29.5 Å². The number of rotatable bonds is 4. The van der Waals surface area contributed by atoms with Crippen molar-refractivity contribution in [3.8, 4) is 0 Å². The van der Waals surface area contributed by atoms with Crippen LogP contribution >= 0.6 is 0 Å². The zero-order valence-corrected chi connectivity index (χ0v) is 15.9. The number of hydrogen-bond acceptors (Lipinski definition) is 5. The third kappa shape index (κ3) is 3.40. The van der Waals surface area contributed by atoms with E-state index < -0.39 is 17.6 Å². The predicted octanol–water partition coefficient (Wildman–Crippen LogP) is 1.51. The number of carbonyl (C=O) groups is 2. The van der Waals surface area contributed by atoms with Gasteiger partial charge < -0.3 is 15.2 Å². The number of aryl methyl sites for hydroxylation is 1. The zero-order valence-electron chi connectivity index (χ0n) is 15.9. The molecule has 0 aliphatic heterocycles. The second-order valence-electron chi connectivity index (χ2n) is 7.26. The van der Waals surface area contributed by atoms with Crippen LogP contribution in [-0.4, -0.2) is 21.7 Å². The Morgan fingerprint density at radius 2 is 1.83 bits per heavy atom. The molecule has 4 rings (SSSR count). The summed E-state index contributed by atoms with van der Waals surface area (Å²) in [5.74, 6) is -1.88. The van der Waals surface area contributed by atoms with E-state index in [1.165, 1.54) is 24.6 Å². The van der Waals surface area contributed by atoms with Gasteiger partial charge in [-0.15, -0.1) is 0 Å². The molecule has 2 atom stereocenters. The molecule has 2 aromatic carbocycles. The van der Waals surface area contributed by atoms with Crippen molar-refractivity contribution in [2.24, 2.45) is 0 Å². The van der Waals surface area contributed by atoms with Crippen molar-refractivity contribution < 1.29 is 14.7 Å². The highest BCUT2D eigenvalue weighted by molar-refractivity contribution is 6.00. The van der Waals surface area contributed by atoms with Crippen molar-refractivity contribution >= 4 is 22.6 Å². The molecule has 1 amide bonds. The number of hydrogen-bond donors (Lipinski definition) is 1. The van der Waals surface area contributed by atoms with Crippen molar-refractivity contribution in [2.45, 2.75) is 38.3 Å². The first kappa shape index (κ1) is 18.9. The van der Waals surface area contributed by atoms with Gasteiger partial charge in [0.2, 0.25) is 5.91 Å². The van der Waals surface area contributed by atoms with E-state index in [9.17, 15) is 19.5 Å². The Kier molecular flexibility index (Phi) is 4.88. The Morgan fingerprint density at radius 3 is 2.59 bits per heavy atom. The molecule has 1 aliphatic carbocycles. The minimum atomic E-state index is -1.50. The molecule has 1 aromatic heterocycles. The van der Waals surface area contributed by atoms with Gasteiger partial charge in [-0.25, -0.2) is 4.68 Å². The van der Waals surface area contributed by atoms with Crippen LogP contribution in [-0.2, 0) is 11.2 Å². The first-order valence-corrected chi connectivity index (χ1v) is 9.58. The van der Waals surface area contributed by atoms with Crippen LogP contribution in [0.3, 0.4) is 0 Å². The standard InChI is InChI=1S/C22H21N3O4/c1-13(20(26)23-18-12-6-8-14-7-2-3-9-15(14)18)25-21(27)17-11-5-4-10-16(17)19(24-25)22(28)29/h2-5,7,9-11,13,18H,6,8,12H2,1H3,(H,23,26)(H,28,29)/p-1/t13-,18+/m0/s1. The van der Waals surface area contributed by atoms with Crippen LogP contribution in [0.4, 0.5) is 0 Å². The van der Waals surface area contributed by atoms with Gasteiger partial charge in [0.1, 0.15) is 11.7 Å². The maximum absolute atomic E-state index is 12.9. The number of aromatic nitrogens is 2. The third-order valence-corrected chi connectivity index (χ3v) is 5.45. The molecule has 1 N–H and O–H groups in total. The number of amides is 1. The van der Waals surface area contributed by atoms with Crippen LogP contribution in [0.15, 0.2) is 53.3 Å². The maximum Gasteiger partial charge on any atom is 0.275 e. The molecular weight excluding hydrogens is 370 g/mol. The maximum atomic E-state index is 12.9. The highest BCUT2D eigenvalue weighted by atomic mass is 16.4. The van der Waals surface area contributed by atoms with Crippen molar-refractivity contribution in [3.63, 3.8) is 0 Å². The molecule has 3 aromatic rings. The first-order valence-electron chi connectivity index (χ1n) is 9.58. The van der Waals surface area contributed by atoms with Crippen LogP contribution in [0.25, 0.3) is 10.8 Å². The van der Waals surface area contributed by atoms with Gasteiger partial charge in [0.05, 0.1) is 17.4 Å². The van der Waals surface area contributed by atoms with Crippen LogP contribution in [0.5, 0.6) is 0 Å². The summed E-state index contributed by atoms with van der Waals surface area (Å²) >= 11 is 0. The summed E-state index contributed by atoms with van der Waals surface area (Å²) in [6.07, 6.45) is 2.73. The molecule has 1 aliphatic rings. The number of carboxylic acids is 1. The third-order valence-electron chi connectivity index (χ3n) is 5.45. The minimum absolute atomic E-state index is 0.147. The Bertz CT molecular complexity index is 1170. The fraction of sp³-hybridized carbons (Fsp3) is 0.273. The van der Waals surface area contributed by atoms with Crippen LogP contribution in [0, 0.1) is 0 Å². The van der Waals surface area contributed by atoms with Gasteiger partial charge >= 0.3 is 0 Å². The lowest BCUT2D eigenvalue weighted by Crippen LogP contribution is -2.40. The summed E-state index contributed by atoms with van der Waals surface area (Å²) in [5.41, 5.74) is 1.41. The van der Waals surface area contributed by atoms with Crippen LogP contribution in [0.2, 0.25) is 0 Å².